The van der Waals surface area contributed by atoms with Crippen LogP contribution in [0.1, 0.15) is 23.2 Å². The molecule has 0 unspecified atom stereocenters. The highest BCUT2D eigenvalue weighted by Crippen LogP contribution is 2.23. The summed E-state index contributed by atoms with van der Waals surface area (Å²) < 4.78 is 1.13. The smallest absolute Gasteiger partial charge is 0.253 e. The Bertz CT molecular complexity index is 732. The van der Waals surface area contributed by atoms with Crippen LogP contribution in [0.25, 0.3) is 0 Å². The standard InChI is InChI=1S/C19H23N3O2S2.ClH/c1-22(16-8-10-20-11-9-16)19(24)14-4-6-15(7-5-14)21-17(23)13-26-18-3-2-12-25-18;/h2-7,12,16,20H,8-11,13H2,1H3,(H,21,23);1H. The monoisotopic (exact) mass is 425 g/mol. The highest BCUT2D eigenvalue weighted by molar-refractivity contribution is 8.01. The lowest BCUT2D eigenvalue weighted by Crippen LogP contribution is -2.43. The predicted octanol–water partition coefficient (Wildman–Crippen LogP) is 3.72. The van der Waals surface area contributed by atoms with Gasteiger partial charge in [-0.2, -0.15) is 0 Å². The number of benzene rings is 1. The average molecular weight is 426 g/mol. The third-order valence-electron chi connectivity index (χ3n) is 4.43. The molecular weight excluding hydrogens is 402 g/mol. The van der Waals surface area contributed by atoms with Gasteiger partial charge in [0.25, 0.3) is 5.91 Å². The summed E-state index contributed by atoms with van der Waals surface area (Å²) >= 11 is 3.15. The fourth-order valence-corrected chi connectivity index (χ4v) is 4.52. The summed E-state index contributed by atoms with van der Waals surface area (Å²) in [6.07, 6.45) is 1.97. The quantitative estimate of drug-likeness (QED) is 0.692. The van der Waals surface area contributed by atoms with Crippen molar-refractivity contribution in [2.45, 2.75) is 23.1 Å². The maximum absolute atomic E-state index is 12.6. The van der Waals surface area contributed by atoms with Crippen LogP contribution in [0, 0.1) is 0 Å². The Hall–Kier alpha value is -1.54. The zero-order valence-electron chi connectivity index (χ0n) is 15.1. The van der Waals surface area contributed by atoms with Crippen molar-refractivity contribution in [1.82, 2.24) is 10.2 Å². The molecule has 0 aliphatic carbocycles. The number of piperidine rings is 1. The van der Waals surface area contributed by atoms with E-state index in [0.717, 1.165) is 30.1 Å². The summed E-state index contributed by atoms with van der Waals surface area (Å²) in [6, 6.07) is 11.4. The van der Waals surface area contributed by atoms with E-state index in [9.17, 15) is 9.59 Å². The Kier molecular flexibility index (Phi) is 8.63. The van der Waals surface area contributed by atoms with Crippen LogP contribution in [-0.4, -0.2) is 48.6 Å². The van der Waals surface area contributed by atoms with Crippen LogP contribution in [0.5, 0.6) is 0 Å². The Morgan fingerprint density at radius 1 is 1.22 bits per heavy atom. The summed E-state index contributed by atoms with van der Waals surface area (Å²) in [4.78, 5) is 26.5. The first kappa shape index (κ1) is 21.8. The minimum atomic E-state index is -0.0469. The number of halogens is 1. The van der Waals surface area contributed by atoms with E-state index < -0.39 is 0 Å². The highest BCUT2D eigenvalue weighted by Gasteiger charge is 2.22. The normalized spacial score (nSPS) is 14.3. The second-order valence-corrected chi connectivity index (χ2v) is 8.47. The maximum atomic E-state index is 12.6. The van der Waals surface area contributed by atoms with Gasteiger partial charge in [0.1, 0.15) is 0 Å². The summed E-state index contributed by atoms with van der Waals surface area (Å²) in [6.45, 7) is 1.91. The number of rotatable bonds is 6. The van der Waals surface area contributed by atoms with Crippen LogP contribution >= 0.6 is 35.5 Å². The molecule has 1 saturated heterocycles. The number of thioether (sulfide) groups is 1. The van der Waals surface area contributed by atoms with Crippen LogP contribution in [-0.2, 0) is 4.79 Å². The second kappa shape index (κ2) is 10.7. The first-order valence-corrected chi connectivity index (χ1v) is 10.5. The molecule has 1 aliphatic heterocycles. The minimum absolute atomic E-state index is 0. The van der Waals surface area contributed by atoms with Crippen LogP contribution in [0.3, 0.4) is 0 Å². The summed E-state index contributed by atoms with van der Waals surface area (Å²) in [5, 5.41) is 8.19. The fraction of sp³-hybridized carbons (Fsp3) is 0.368. The van der Waals surface area contributed by atoms with Gasteiger partial charge in [-0.15, -0.1) is 35.5 Å². The van der Waals surface area contributed by atoms with Crippen molar-refractivity contribution in [2.75, 3.05) is 31.2 Å². The van der Waals surface area contributed by atoms with Crippen molar-refractivity contribution < 1.29 is 9.59 Å². The lowest BCUT2D eigenvalue weighted by molar-refractivity contribution is -0.113. The first-order valence-electron chi connectivity index (χ1n) is 8.67. The van der Waals surface area contributed by atoms with E-state index in [1.807, 2.05) is 29.5 Å². The zero-order valence-corrected chi connectivity index (χ0v) is 17.6. The van der Waals surface area contributed by atoms with E-state index in [2.05, 4.69) is 10.6 Å². The number of carbonyl (C=O) groups is 2. The van der Waals surface area contributed by atoms with Gasteiger partial charge in [0.2, 0.25) is 5.91 Å². The van der Waals surface area contributed by atoms with Crippen molar-refractivity contribution >= 4 is 53.0 Å². The second-order valence-electron chi connectivity index (χ2n) is 6.24. The number of anilines is 1. The van der Waals surface area contributed by atoms with Crippen molar-refractivity contribution in [3.05, 3.63) is 47.3 Å². The number of amides is 2. The lowest BCUT2D eigenvalue weighted by Gasteiger charge is -2.31. The number of thiophene rings is 1. The molecule has 1 aliphatic rings. The van der Waals surface area contributed by atoms with E-state index >= 15 is 0 Å². The Balaban J connectivity index is 0.00000261. The molecule has 2 aromatic rings. The van der Waals surface area contributed by atoms with Gasteiger partial charge in [0, 0.05) is 24.3 Å². The molecule has 0 bridgehead atoms. The number of hydrogen-bond donors (Lipinski definition) is 2. The van der Waals surface area contributed by atoms with Crippen molar-refractivity contribution in [3.8, 4) is 0 Å². The van der Waals surface area contributed by atoms with E-state index in [-0.39, 0.29) is 30.3 Å². The first-order chi connectivity index (χ1) is 12.6. The van der Waals surface area contributed by atoms with Crippen molar-refractivity contribution in [1.29, 1.82) is 0 Å². The Labute approximate surface area is 174 Å². The Morgan fingerprint density at radius 2 is 1.93 bits per heavy atom. The molecule has 27 heavy (non-hydrogen) atoms. The molecule has 5 nitrogen and oxygen atoms in total. The van der Waals surface area contributed by atoms with Gasteiger partial charge >= 0.3 is 0 Å². The number of nitrogens with one attached hydrogen (secondary N) is 2. The van der Waals surface area contributed by atoms with Gasteiger partial charge in [-0.05, 0) is 61.6 Å². The van der Waals surface area contributed by atoms with Gasteiger partial charge in [-0.25, -0.2) is 0 Å². The van der Waals surface area contributed by atoms with Crippen LogP contribution in [0.15, 0.2) is 46.0 Å². The third-order valence-corrected chi connectivity index (χ3v) is 6.56. The fourth-order valence-electron chi connectivity index (χ4n) is 2.94. The van der Waals surface area contributed by atoms with E-state index in [1.54, 1.807) is 35.6 Å². The molecule has 0 spiro atoms. The average Bonchev–Trinajstić information content (AvgIpc) is 3.20. The van der Waals surface area contributed by atoms with Gasteiger partial charge in [-0.1, -0.05) is 6.07 Å². The van der Waals surface area contributed by atoms with E-state index in [0.29, 0.717) is 17.0 Å². The number of nitrogens with zero attached hydrogens (tertiary/aromatic N) is 1. The third kappa shape index (κ3) is 6.24. The van der Waals surface area contributed by atoms with Crippen molar-refractivity contribution in [3.63, 3.8) is 0 Å². The number of hydrogen-bond acceptors (Lipinski definition) is 5. The topological polar surface area (TPSA) is 61.4 Å². The highest BCUT2D eigenvalue weighted by atomic mass is 35.5. The predicted molar refractivity (Wildman–Crippen MR) is 115 cm³/mol. The maximum Gasteiger partial charge on any atom is 0.253 e. The molecule has 0 radical (unpaired) electrons. The molecule has 1 aromatic heterocycles. The molecule has 2 N–H and O–H groups in total. The van der Waals surface area contributed by atoms with Crippen molar-refractivity contribution in [2.24, 2.45) is 0 Å². The molecule has 8 heteroatoms. The summed E-state index contributed by atoms with van der Waals surface area (Å²) in [5.41, 5.74) is 1.36. The largest absolute Gasteiger partial charge is 0.339 e. The summed E-state index contributed by atoms with van der Waals surface area (Å²) in [5.74, 6) is 0.358. The zero-order chi connectivity index (χ0) is 18.4. The molecule has 0 atom stereocenters. The molecule has 0 saturated carbocycles. The van der Waals surface area contributed by atoms with Crippen LogP contribution in [0.4, 0.5) is 5.69 Å². The minimum Gasteiger partial charge on any atom is -0.339 e. The van der Waals surface area contributed by atoms with E-state index in [4.69, 9.17) is 0 Å². The SMILES string of the molecule is CN(C(=O)c1ccc(NC(=O)CSc2cccs2)cc1)C1CCNCC1.Cl. The van der Waals surface area contributed by atoms with Gasteiger partial charge < -0.3 is 15.5 Å². The van der Waals surface area contributed by atoms with Crippen LogP contribution < -0.4 is 10.6 Å². The van der Waals surface area contributed by atoms with Crippen LogP contribution in [0.2, 0.25) is 0 Å². The molecular formula is C19H24ClN3O2S2. The molecule has 2 heterocycles. The van der Waals surface area contributed by atoms with Gasteiger partial charge in [-0.3, -0.25) is 9.59 Å². The van der Waals surface area contributed by atoms with Gasteiger partial charge in [0.05, 0.1) is 9.96 Å². The Morgan fingerprint density at radius 3 is 2.56 bits per heavy atom. The van der Waals surface area contributed by atoms with E-state index in [1.165, 1.54) is 11.8 Å². The lowest BCUT2D eigenvalue weighted by atomic mass is 10.0. The molecule has 1 fully saturated rings. The molecule has 2 amide bonds. The molecule has 3 rings (SSSR count). The van der Waals surface area contributed by atoms with Gasteiger partial charge in [0.15, 0.2) is 0 Å². The molecule has 1 aromatic carbocycles. The molecule has 146 valence electrons. The number of carbonyl (C=O) groups excluding carboxylic acids is 2. The summed E-state index contributed by atoms with van der Waals surface area (Å²) in [7, 11) is 1.87.